The molecule has 0 aliphatic heterocycles. The maximum atomic E-state index is 10.9. The summed E-state index contributed by atoms with van der Waals surface area (Å²) in [5.74, 6) is 0.236. The molecule has 1 aromatic heterocycles. The Morgan fingerprint density at radius 2 is 2.14 bits per heavy atom. The highest BCUT2D eigenvalue weighted by Crippen LogP contribution is 2.11. The number of rotatable bonds is 4. The fraction of sp³-hybridized carbons (Fsp3) is 0.444. The molecule has 0 fully saturated rings. The number of pyridine rings is 1. The lowest BCUT2D eigenvalue weighted by molar-refractivity contribution is 0.599. The van der Waals surface area contributed by atoms with E-state index in [1.165, 1.54) is 6.26 Å². The highest BCUT2D eigenvalue weighted by atomic mass is 79.9. The van der Waals surface area contributed by atoms with E-state index in [4.69, 9.17) is 0 Å². The van der Waals surface area contributed by atoms with Crippen LogP contribution < -0.4 is 0 Å². The van der Waals surface area contributed by atoms with Crippen molar-refractivity contribution in [1.29, 1.82) is 0 Å². The smallest absolute Gasteiger partial charge is 0.147 e. The van der Waals surface area contributed by atoms with Gasteiger partial charge in [0.15, 0.2) is 0 Å². The highest BCUT2D eigenvalue weighted by molar-refractivity contribution is 9.10. The molecule has 0 aliphatic carbocycles. The summed E-state index contributed by atoms with van der Waals surface area (Å²) in [7, 11) is -2.84. The van der Waals surface area contributed by atoms with Crippen LogP contribution >= 0.6 is 15.9 Å². The van der Waals surface area contributed by atoms with E-state index in [2.05, 4.69) is 20.9 Å². The zero-order valence-corrected chi connectivity index (χ0v) is 10.3. The normalized spacial score (nSPS) is 11.6. The van der Waals surface area contributed by atoms with Crippen molar-refractivity contribution < 1.29 is 8.42 Å². The third-order valence-corrected chi connectivity index (χ3v) is 3.21. The van der Waals surface area contributed by atoms with Crippen LogP contribution in [0.5, 0.6) is 0 Å². The van der Waals surface area contributed by atoms with Crippen LogP contribution in [-0.4, -0.2) is 25.4 Å². The van der Waals surface area contributed by atoms with Crippen molar-refractivity contribution in [2.75, 3.05) is 12.0 Å². The molecule has 0 N–H and O–H groups in total. The van der Waals surface area contributed by atoms with Gasteiger partial charge < -0.3 is 0 Å². The van der Waals surface area contributed by atoms with Crippen LogP contribution in [0, 0.1) is 0 Å². The Kier molecular flexibility index (Phi) is 4.07. The first kappa shape index (κ1) is 11.7. The van der Waals surface area contributed by atoms with E-state index < -0.39 is 9.84 Å². The summed E-state index contributed by atoms with van der Waals surface area (Å²) in [4.78, 5) is 4.00. The van der Waals surface area contributed by atoms with E-state index in [1.54, 1.807) is 12.4 Å². The van der Waals surface area contributed by atoms with Gasteiger partial charge in [0.2, 0.25) is 0 Å². The van der Waals surface area contributed by atoms with Gasteiger partial charge in [-0.15, -0.1) is 0 Å². The molecule has 0 spiro atoms. The minimum Gasteiger partial charge on any atom is -0.263 e. The zero-order valence-electron chi connectivity index (χ0n) is 7.90. The molecule has 1 heterocycles. The van der Waals surface area contributed by atoms with E-state index in [9.17, 15) is 8.42 Å². The molecule has 78 valence electrons. The Hall–Kier alpha value is -0.420. The Bertz CT molecular complexity index is 403. The molecule has 0 saturated carbocycles. The van der Waals surface area contributed by atoms with Crippen LogP contribution in [0.15, 0.2) is 22.9 Å². The lowest BCUT2D eigenvalue weighted by atomic mass is 10.2. The van der Waals surface area contributed by atoms with Crippen molar-refractivity contribution in [3.05, 3.63) is 28.5 Å². The summed E-state index contributed by atoms with van der Waals surface area (Å²) in [6.45, 7) is 0. The van der Waals surface area contributed by atoms with Gasteiger partial charge in [0.25, 0.3) is 0 Å². The number of sulfone groups is 1. The predicted molar refractivity (Wildman–Crippen MR) is 60.0 cm³/mol. The van der Waals surface area contributed by atoms with Gasteiger partial charge in [-0.05, 0) is 40.4 Å². The number of hydrogen-bond acceptors (Lipinski definition) is 3. The topological polar surface area (TPSA) is 47.0 Å². The molecular formula is C9H12BrNO2S. The van der Waals surface area contributed by atoms with Crippen LogP contribution in [0.1, 0.15) is 12.0 Å². The van der Waals surface area contributed by atoms with E-state index in [0.29, 0.717) is 6.42 Å². The van der Waals surface area contributed by atoms with Crippen molar-refractivity contribution in [3.63, 3.8) is 0 Å². The second-order valence-electron chi connectivity index (χ2n) is 3.24. The molecule has 14 heavy (non-hydrogen) atoms. The number of hydrogen-bond donors (Lipinski definition) is 0. The van der Waals surface area contributed by atoms with Crippen LogP contribution in [0.3, 0.4) is 0 Å². The zero-order chi connectivity index (χ0) is 10.6. The molecule has 5 heteroatoms. The summed E-state index contributed by atoms with van der Waals surface area (Å²) in [6.07, 6.45) is 6.12. The second-order valence-corrected chi connectivity index (χ2v) is 6.42. The fourth-order valence-electron chi connectivity index (χ4n) is 1.13. The average Bonchev–Trinajstić information content (AvgIpc) is 2.01. The quantitative estimate of drug-likeness (QED) is 0.844. The molecule has 0 radical (unpaired) electrons. The Balaban J connectivity index is 2.47. The first-order valence-corrected chi connectivity index (χ1v) is 7.10. The summed E-state index contributed by atoms with van der Waals surface area (Å²) in [6, 6.07) is 1.95. The molecule has 0 saturated heterocycles. The van der Waals surface area contributed by atoms with Crippen molar-refractivity contribution in [2.24, 2.45) is 0 Å². The minimum atomic E-state index is -2.84. The molecule has 3 nitrogen and oxygen atoms in total. The molecule has 0 aromatic carbocycles. The number of aromatic nitrogens is 1. The van der Waals surface area contributed by atoms with E-state index >= 15 is 0 Å². The monoisotopic (exact) mass is 277 g/mol. The lowest BCUT2D eigenvalue weighted by Gasteiger charge is -2.00. The van der Waals surface area contributed by atoms with Crippen molar-refractivity contribution in [1.82, 2.24) is 4.98 Å². The minimum absolute atomic E-state index is 0.236. The summed E-state index contributed by atoms with van der Waals surface area (Å²) in [5.41, 5.74) is 1.06. The van der Waals surface area contributed by atoms with Crippen molar-refractivity contribution >= 4 is 25.8 Å². The number of nitrogens with zero attached hydrogens (tertiary/aromatic N) is 1. The van der Waals surface area contributed by atoms with Gasteiger partial charge >= 0.3 is 0 Å². The third-order valence-electron chi connectivity index (χ3n) is 1.74. The maximum Gasteiger partial charge on any atom is 0.147 e. The molecular weight excluding hydrogens is 266 g/mol. The van der Waals surface area contributed by atoms with Gasteiger partial charge in [-0.25, -0.2) is 8.42 Å². The van der Waals surface area contributed by atoms with Crippen molar-refractivity contribution in [2.45, 2.75) is 12.8 Å². The van der Waals surface area contributed by atoms with E-state index in [0.717, 1.165) is 16.5 Å². The molecule has 0 amide bonds. The number of aryl methyl sites for hydroxylation is 1. The van der Waals surface area contributed by atoms with Gasteiger partial charge in [0.05, 0.1) is 5.75 Å². The third kappa shape index (κ3) is 4.72. The molecule has 0 aliphatic rings. The van der Waals surface area contributed by atoms with Crippen molar-refractivity contribution in [3.8, 4) is 0 Å². The molecule has 0 unspecified atom stereocenters. The average molecular weight is 278 g/mol. The standard InChI is InChI=1S/C9H12BrNO2S/c1-14(12,13)4-2-3-8-5-9(10)7-11-6-8/h5-7H,2-4H2,1H3. The Morgan fingerprint density at radius 3 is 2.71 bits per heavy atom. The maximum absolute atomic E-state index is 10.9. The highest BCUT2D eigenvalue weighted by Gasteiger charge is 2.02. The molecule has 1 rings (SSSR count). The van der Waals surface area contributed by atoms with E-state index in [1.807, 2.05) is 6.07 Å². The van der Waals surface area contributed by atoms with Crippen LogP contribution in [0.2, 0.25) is 0 Å². The second kappa shape index (κ2) is 4.89. The fourth-order valence-corrected chi connectivity index (χ4v) is 2.21. The lowest BCUT2D eigenvalue weighted by Crippen LogP contribution is -2.04. The van der Waals surface area contributed by atoms with Gasteiger partial charge in [-0.1, -0.05) is 0 Å². The molecule has 0 bridgehead atoms. The Labute approximate surface area is 92.6 Å². The van der Waals surface area contributed by atoms with Crippen LogP contribution in [0.4, 0.5) is 0 Å². The van der Waals surface area contributed by atoms with Crippen LogP contribution in [-0.2, 0) is 16.3 Å². The molecule has 1 aromatic rings. The van der Waals surface area contributed by atoms with Gasteiger partial charge in [-0.3, -0.25) is 4.98 Å². The predicted octanol–water partition coefficient (Wildman–Crippen LogP) is 1.82. The first-order chi connectivity index (χ1) is 6.47. The summed E-state index contributed by atoms with van der Waals surface area (Å²) >= 11 is 3.31. The number of halogens is 1. The van der Waals surface area contributed by atoms with Gasteiger partial charge in [-0.2, -0.15) is 0 Å². The molecule has 0 atom stereocenters. The first-order valence-electron chi connectivity index (χ1n) is 4.24. The SMILES string of the molecule is CS(=O)(=O)CCCc1cncc(Br)c1. The van der Waals surface area contributed by atoms with E-state index in [-0.39, 0.29) is 5.75 Å². The summed E-state index contributed by atoms with van der Waals surface area (Å²) in [5, 5.41) is 0. The largest absolute Gasteiger partial charge is 0.263 e. The Morgan fingerprint density at radius 1 is 1.43 bits per heavy atom. The summed E-state index contributed by atoms with van der Waals surface area (Å²) < 4.78 is 22.7. The van der Waals surface area contributed by atoms with Crippen LogP contribution in [0.25, 0.3) is 0 Å². The van der Waals surface area contributed by atoms with Gasteiger partial charge in [0.1, 0.15) is 9.84 Å². The van der Waals surface area contributed by atoms with Gasteiger partial charge in [0, 0.05) is 23.1 Å².